The lowest BCUT2D eigenvalue weighted by atomic mass is 10.1. The van der Waals surface area contributed by atoms with Crippen molar-refractivity contribution in [3.63, 3.8) is 0 Å². The summed E-state index contributed by atoms with van der Waals surface area (Å²) in [7, 11) is 0. The minimum Gasteiger partial charge on any atom is -0.481 e. The summed E-state index contributed by atoms with van der Waals surface area (Å²) in [6.07, 6.45) is 0.771. The number of carbonyl (C=O) groups is 1. The molecule has 70 valence electrons. The van der Waals surface area contributed by atoms with Gasteiger partial charge in [0.15, 0.2) is 5.96 Å². The summed E-state index contributed by atoms with van der Waals surface area (Å²) in [5.41, 5.74) is 10.2. The van der Waals surface area contributed by atoms with Gasteiger partial charge in [-0.25, -0.2) is 0 Å². The van der Waals surface area contributed by atoms with Crippen molar-refractivity contribution in [2.45, 2.75) is 19.8 Å². The highest BCUT2D eigenvalue weighted by atomic mass is 16.4. The second kappa shape index (κ2) is 5.40. The molecule has 0 aromatic heterocycles. The molecule has 0 amide bonds. The summed E-state index contributed by atoms with van der Waals surface area (Å²) in [5, 5.41) is 8.35. The zero-order valence-corrected chi connectivity index (χ0v) is 7.16. The van der Waals surface area contributed by atoms with Crippen LogP contribution in [-0.4, -0.2) is 23.6 Å². The van der Waals surface area contributed by atoms with Crippen molar-refractivity contribution >= 4 is 11.9 Å². The van der Waals surface area contributed by atoms with E-state index in [-0.39, 0.29) is 18.3 Å². The highest BCUT2D eigenvalue weighted by Gasteiger charge is 2.04. The molecule has 0 radical (unpaired) electrons. The van der Waals surface area contributed by atoms with Crippen LogP contribution < -0.4 is 11.5 Å². The fraction of sp³-hybridized carbons (Fsp3) is 0.714. The normalized spacial score (nSPS) is 12.1. The van der Waals surface area contributed by atoms with Gasteiger partial charge < -0.3 is 16.6 Å². The molecule has 0 aromatic rings. The van der Waals surface area contributed by atoms with E-state index in [0.717, 1.165) is 0 Å². The van der Waals surface area contributed by atoms with Crippen LogP contribution in [0.5, 0.6) is 0 Å². The molecular formula is C7H15N3O2. The van der Waals surface area contributed by atoms with Gasteiger partial charge >= 0.3 is 5.97 Å². The molecule has 12 heavy (non-hydrogen) atoms. The number of nitrogens with two attached hydrogens (primary N) is 2. The minimum atomic E-state index is -0.786. The summed E-state index contributed by atoms with van der Waals surface area (Å²) in [6.45, 7) is 2.41. The first kappa shape index (κ1) is 10.7. The highest BCUT2D eigenvalue weighted by Crippen LogP contribution is 2.05. The van der Waals surface area contributed by atoms with E-state index in [4.69, 9.17) is 16.6 Å². The lowest BCUT2D eigenvalue weighted by Gasteiger charge is -2.05. The van der Waals surface area contributed by atoms with Crippen LogP contribution >= 0.6 is 0 Å². The standard InChI is InChI=1S/C7H15N3O2/c1-5(2-3-6(11)12)4-10-7(8)9/h5H,2-4H2,1H3,(H,11,12)(H4,8,9,10). The number of aliphatic carboxylic acids is 1. The number of aliphatic imine (C=N–C) groups is 1. The molecule has 0 rings (SSSR count). The minimum absolute atomic E-state index is 0.0529. The first-order valence-corrected chi connectivity index (χ1v) is 3.79. The second-order valence-corrected chi connectivity index (χ2v) is 2.80. The number of hydrogen-bond acceptors (Lipinski definition) is 2. The highest BCUT2D eigenvalue weighted by molar-refractivity contribution is 5.75. The molecule has 0 saturated heterocycles. The maximum Gasteiger partial charge on any atom is 0.303 e. The molecule has 5 heteroatoms. The molecule has 0 aliphatic heterocycles. The Balaban J connectivity index is 3.53. The number of carboxylic acid groups (broad SMARTS) is 1. The Labute approximate surface area is 71.5 Å². The Morgan fingerprint density at radius 3 is 2.58 bits per heavy atom. The fourth-order valence-corrected chi connectivity index (χ4v) is 0.722. The quantitative estimate of drug-likeness (QED) is 0.394. The predicted molar refractivity (Wildman–Crippen MR) is 46.7 cm³/mol. The Morgan fingerprint density at radius 2 is 2.17 bits per heavy atom. The maximum absolute atomic E-state index is 10.2. The smallest absolute Gasteiger partial charge is 0.303 e. The van der Waals surface area contributed by atoms with Crippen LogP contribution in [0.3, 0.4) is 0 Å². The zero-order chi connectivity index (χ0) is 9.56. The van der Waals surface area contributed by atoms with Crippen molar-refractivity contribution in [3.05, 3.63) is 0 Å². The van der Waals surface area contributed by atoms with Crippen molar-refractivity contribution < 1.29 is 9.90 Å². The molecule has 0 fully saturated rings. The Kier molecular flexibility index (Phi) is 4.83. The van der Waals surface area contributed by atoms with Crippen molar-refractivity contribution in [2.24, 2.45) is 22.4 Å². The molecule has 0 aliphatic carbocycles. The summed E-state index contributed by atoms with van der Waals surface area (Å²) < 4.78 is 0. The maximum atomic E-state index is 10.2. The molecule has 5 N–H and O–H groups in total. The Morgan fingerprint density at radius 1 is 1.58 bits per heavy atom. The van der Waals surface area contributed by atoms with Gasteiger partial charge in [0.25, 0.3) is 0 Å². The van der Waals surface area contributed by atoms with E-state index < -0.39 is 5.97 Å². The van der Waals surface area contributed by atoms with E-state index >= 15 is 0 Å². The molecule has 1 unspecified atom stereocenters. The van der Waals surface area contributed by atoms with E-state index in [2.05, 4.69) is 4.99 Å². The van der Waals surface area contributed by atoms with Gasteiger partial charge in [-0.15, -0.1) is 0 Å². The summed E-state index contributed by atoms with van der Waals surface area (Å²) in [6, 6.07) is 0. The van der Waals surface area contributed by atoms with Gasteiger partial charge in [-0.3, -0.25) is 9.79 Å². The third-order valence-electron chi connectivity index (χ3n) is 1.44. The summed E-state index contributed by atoms with van der Waals surface area (Å²) in [5.74, 6) is -0.521. The van der Waals surface area contributed by atoms with E-state index in [1.54, 1.807) is 0 Å². The zero-order valence-electron chi connectivity index (χ0n) is 7.16. The van der Waals surface area contributed by atoms with Crippen LogP contribution in [0.15, 0.2) is 4.99 Å². The van der Waals surface area contributed by atoms with Crippen LogP contribution in [0.2, 0.25) is 0 Å². The number of guanidine groups is 1. The van der Waals surface area contributed by atoms with Gasteiger partial charge in [-0.05, 0) is 12.3 Å². The molecule has 0 heterocycles. The van der Waals surface area contributed by atoms with Gasteiger partial charge in [0, 0.05) is 13.0 Å². The molecular weight excluding hydrogens is 158 g/mol. The molecule has 0 saturated carbocycles. The van der Waals surface area contributed by atoms with Crippen molar-refractivity contribution in [1.29, 1.82) is 0 Å². The van der Waals surface area contributed by atoms with Crippen molar-refractivity contribution in [3.8, 4) is 0 Å². The van der Waals surface area contributed by atoms with Crippen LogP contribution in [-0.2, 0) is 4.79 Å². The van der Waals surface area contributed by atoms with Crippen molar-refractivity contribution in [1.82, 2.24) is 0 Å². The van der Waals surface area contributed by atoms with Crippen molar-refractivity contribution in [2.75, 3.05) is 6.54 Å². The SMILES string of the molecule is CC(CCC(=O)O)CN=C(N)N. The van der Waals surface area contributed by atoms with Gasteiger partial charge in [0.2, 0.25) is 0 Å². The third-order valence-corrected chi connectivity index (χ3v) is 1.44. The van der Waals surface area contributed by atoms with E-state index in [9.17, 15) is 4.79 Å². The van der Waals surface area contributed by atoms with Crippen LogP contribution in [0.25, 0.3) is 0 Å². The molecule has 1 atom stereocenters. The van der Waals surface area contributed by atoms with Crippen LogP contribution in [0.4, 0.5) is 0 Å². The van der Waals surface area contributed by atoms with Gasteiger partial charge in [-0.2, -0.15) is 0 Å². The molecule has 0 aromatic carbocycles. The lowest BCUT2D eigenvalue weighted by molar-refractivity contribution is -0.137. The summed E-state index contributed by atoms with van der Waals surface area (Å²) >= 11 is 0. The van der Waals surface area contributed by atoms with E-state index in [0.29, 0.717) is 13.0 Å². The van der Waals surface area contributed by atoms with Gasteiger partial charge in [-0.1, -0.05) is 6.92 Å². The number of nitrogens with zero attached hydrogens (tertiary/aromatic N) is 1. The van der Waals surface area contributed by atoms with Gasteiger partial charge in [0.1, 0.15) is 0 Å². The molecule has 0 spiro atoms. The number of hydrogen-bond donors (Lipinski definition) is 3. The summed E-state index contributed by atoms with van der Waals surface area (Å²) in [4.78, 5) is 13.9. The first-order valence-electron chi connectivity index (χ1n) is 3.79. The second-order valence-electron chi connectivity index (χ2n) is 2.80. The predicted octanol–water partition coefficient (Wildman–Crippen LogP) is -0.239. The average Bonchev–Trinajstić information content (AvgIpc) is 1.96. The van der Waals surface area contributed by atoms with Gasteiger partial charge in [0.05, 0.1) is 0 Å². The van der Waals surface area contributed by atoms with E-state index in [1.807, 2.05) is 6.92 Å². The molecule has 0 bridgehead atoms. The lowest BCUT2D eigenvalue weighted by Crippen LogP contribution is -2.23. The fourth-order valence-electron chi connectivity index (χ4n) is 0.722. The average molecular weight is 173 g/mol. The van der Waals surface area contributed by atoms with Crippen LogP contribution in [0.1, 0.15) is 19.8 Å². The largest absolute Gasteiger partial charge is 0.481 e. The Bertz CT molecular complexity index is 175. The number of rotatable bonds is 5. The molecule has 0 aliphatic rings. The van der Waals surface area contributed by atoms with E-state index in [1.165, 1.54) is 0 Å². The van der Waals surface area contributed by atoms with Crippen LogP contribution in [0, 0.1) is 5.92 Å². The monoisotopic (exact) mass is 173 g/mol. The third kappa shape index (κ3) is 6.85. The Hall–Kier alpha value is -1.26. The topological polar surface area (TPSA) is 102 Å². The number of carboxylic acids is 1. The molecule has 5 nitrogen and oxygen atoms in total. The first-order chi connectivity index (χ1) is 5.52.